The van der Waals surface area contributed by atoms with Crippen molar-refractivity contribution in [1.29, 1.82) is 0 Å². The second-order valence-corrected chi connectivity index (χ2v) is 4.98. The first-order valence-electron chi connectivity index (χ1n) is 5.89. The maximum atomic E-state index is 6.06. The molecule has 0 aliphatic heterocycles. The van der Waals surface area contributed by atoms with Crippen LogP contribution < -0.4 is 5.73 Å². The lowest BCUT2D eigenvalue weighted by Crippen LogP contribution is -2.17. The van der Waals surface area contributed by atoms with Crippen LogP contribution in [0, 0.1) is 0 Å². The molecule has 2 rings (SSSR count). The Balaban J connectivity index is 1.84. The largest absolute Gasteiger partial charge is 0.375 e. The van der Waals surface area contributed by atoms with E-state index in [2.05, 4.69) is 15.9 Å². The molecule has 0 spiro atoms. The van der Waals surface area contributed by atoms with E-state index in [1.807, 2.05) is 54.6 Å². The molecule has 0 saturated carbocycles. The van der Waals surface area contributed by atoms with E-state index in [-0.39, 0.29) is 6.04 Å². The molecule has 0 radical (unpaired) electrons. The highest BCUT2D eigenvalue weighted by Crippen LogP contribution is 2.17. The molecule has 1 unspecified atom stereocenters. The first-order valence-corrected chi connectivity index (χ1v) is 6.68. The molecule has 2 aromatic carbocycles. The van der Waals surface area contributed by atoms with Crippen molar-refractivity contribution in [3.8, 4) is 0 Å². The van der Waals surface area contributed by atoms with Gasteiger partial charge in [0.2, 0.25) is 0 Å². The van der Waals surface area contributed by atoms with E-state index in [0.717, 1.165) is 15.6 Å². The zero-order chi connectivity index (χ0) is 12.8. The minimum Gasteiger partial charge on any atom is -0.375 e. The minimum absolute atomic E-state index is 0.0753. The topological polar surface area (TPSA) is 35.2 Å². The van der Waals surface area contributed by atoms with E-state index in [9.17, 15) is 0 Å². The molecule has 2 N–H and O–H groups in total. The summed E-state index contributed by atoms with van der Waals surface area (Å²) in [7, 11) is 0. The van der Waals surface area contributed by atoms with Crippen molar-refractivity contribution in [2.75, 3.05) is 6.61 Å². The second kappa shape index (κ2) is 6.69. The Labute approximate surface area is 116 Å². The van der Waals surface area contributed by atoms with Gasteiger partial charge in [-0.2, -0.15) is 0 Å². The standard InChI is InChI=1S/C15H16BrNO/c16-14-9-5-4-8-13(14)10-18-11-15(17)12-6-2-1-3-7-12/h1-9,15H,10-11,17H2. The van der Waals surface area contributed by atoms with Crippen LogP contribution in [0.2, 0.25) is 0 Å². The van der Waals surface area contributed by atoms with Gasteiger partial charge in [0.1, 0.15) is 0 Å². The highest BCUT2D eigenvalue weighted by atomic mass is 79.9. The molecule has 0 heterocycles. The van der Waals surface area contributed by atoms with Gasteiger partial charge in [-0.05, 0) is 17.2 Å². The average Bonchev–Trinajstić information content (AvgIpc) is 2.42. The van der Waals surface area contributed by atoms with E-state index in [4.69, 9.17) is 10.5 Å². The molecule has 2 nitrogen and oxygen atoms in total. The van der Waals surface area contributed by atoms with Gasteiger partial charge < -0.3 is 10.5 Å². The minimum atomic E-state index is -0.0753. The van der Waals surface area contributed by atoms with Crippen LogP contribution in [-0.2, 0) is 11.3 Å². The van der Waals surface area contributed by atoms with E-state index in [0.29, 0.717) is 13.2 Å². The number of rotatable bonds is 5. The molecule has 0 aromatic heterocycles. The smallest absolute Gasteiger partial charge is 0.0728 e. The Bertz CT molecular complexity index is 487. The van der Waals surface area contributed by atoms with Crippen molar-refractivity contribution >= 4 is 15.9 Å². The fourth-order valence-corrected chi connectivity index (χ4v) is 2.11. The van der Waals surface area contributed by atoms with Crippen LogP contribution in [-0.4, -0.2) is 6.61 Å². The van der Waals surface area contributed by atoms with E-state index in [1.54, 1.807) is 0 Å². The van der Waals surface area contributed by atoms with E-state index < -0.39 is 0 Å². The Morgan fingerprint density at radius 2 is 1.67 bits per heavy atom. The SMILES string of the molecule is NC(COCc1ccccc1Br)c1ccccc1. The molecule has 3 heteroatoms. The van der Waals surface area contributed by atoms with Gasteiger partial charge in [0.05, 0.1) is 19.3 Å². The third-order valence-corrected chi connectivity index (χ3v) is 3.51. The van der Waals surface area contributed by atoms with Crippen molar-refractivity contribution in [2.45, 2.75) is 12.6 Å². The molecule has 18 heavy (non-hydrogen) atoms. The average molecular weight is 306 g/mol. The van der Waals surface area contributed by atoms with Gasteiger partial charge in [-0.1, -0.05) is 64.5 Å². The molecule has 1 atom stereocenters. The summed E-state index contributed by atoms with van der Waals surface area (Å²) in [6.07, 6.45) is 0. The Kier molecular flexibility index (Phi) is 4.93. The zero-order valence-electron chi connectivity index (χ0n) is 10.1. The van der Waals surface area contributed by atoms with Crippen LogP contribution in [0.4, 0.5) is 0 Å². The molecule has 0 fully saturated rings. The number of halogens is 1. The predicted octanol–water partition coefficient (Wildman–Crippen LogP) is 3.67. The molecule has 0 aliphatic carbocycles. The maximum Gasteiger partial charge on any atom is 0.0728 e. The van der Waals surface area contributed by atoms with Crippen LogP contribution in [0.25, 0.3) is 0 Å². The molecule has 0 aliphatic rings. The number of benzene rings is 2. The van der Waals surface area contributed by atoms with Gasteiger partial charge in [-0.25, -0.2) is 0 Å². The molecule has 0 bridgehead atoms. The van der Waals surface area contributed by atoms with Crippen LogP contribution in [0.5, 0.6) is 0 Å². The van der Waals surface area contributed by atoms with Gasteiger partial charge >= 0.3 is 0 Å². The summed E-state index contributed by atoms with van der Waals surface area (Å²) in [5, 5.41) is 0. The van der Waals surface area contributed by atoms with Gasteiger partial charge in [-0.15, -0.1) is 0 Å². The monoisotopic (exact) mass is 305 g/mol. The molecule has 0 amide bonds. The van der Waals surface area contributed by atoms with Gasteiger partial charge in [0.25, 0.3) is 0 Å². The van der Waals surface area contributed by atoms with Crippen molar-refractivity contribution < 1.29 is 4.74 Å². The summed E-state index contributed by atoms with van der Waals surface area (Å²) < 4.78 is 6.73. The highest BCUT2D eigenvalue weighted by Gasteiger charge is 2.06. The summed E-state index contributed by atoms with van der Waals surface area (Å²) in [4.78, 5) is 0. The van der Waals surface area contributed by atoms with Crippen LogP contribution in [0.15, 0.2) is 59.1 Å². The first kappa shape index (κ1) is 13.3. The Morgan fingerprint density at radius 3 is 2.39 bits per heavy atom. The fraction of sp³-hybridized carbons (Fsp3) is 0.200. The lowest BCUT2D eigenvalue weighted by Gasteiger charge is -2.13. The lowest BCUT2D eigenvalue weighted by molar-refractivity contribution is 0.107. The van der Waals surface area contributed by atoms with Crippen LogP contribution >= 0.6 is 15.9 Å². The maximum absolute atomic E-state index is 6.06. The van der Waals surface area contributed by atoms with Crippen molar-refractivity contribution in [1.82, 2.24) is 0 Å². The second-order valence-electron chi connectivity index (χ2n) is 4.12. The first-order chi connectivity index (χ1) is 8.77. The fourth-order valence-electron chi connectivity index (χ4n) is 1.71. The van der Waals surface area contributed by atoms with Crippen LogP contribution in [0.3, 0.4) is 0 Å². The van der Waals surface area contributed by atoms with Gasteiger partial charge in [0, 0.05) is 4.47 Å². The lowest BCUT2D eigenvalue weighted by atomic mass is 10.1. The van der Waals surface area contributed by atoms with Crippen molar-refractivity contribution in [3.63, 3.8) is 0 Å². The van der Waals surface area contributed by atoms with E-state index in [1.165, 1.54) is 0 Å². The molecule has 94 valence electrons. The van der Waals surface area contributed by atoms with Crippen LogP contribution in [0.1, 0.15) is 17.2 Å². The predicted molar refractivity (Wildman–Crippen MR) is 77.2 cm³/mol. The summed E-state index contributed by atoms with van der Waals surface area (Å²) in [6, 6.07) is 18.0. The van der Waals surface area contributed by atoms with Gasteiger partial charge in [0.15, 0.2) is 0 Å². The summed E-state index contributed by atoms with van der Waals surface area (Å²) >= 11 is 3.50. The highest BCUT2D eigenvalue weighted by molar-refractivity contribution is 9.10. The zero-order valence-corrected chi connectivity index (χ0v) is 11.6. The number of hydrogen-bond acceptors (Lipinski definition) is 2. The van der Waals surface area contributed by atoms with Gasteiger partial charge in [-0.3, -0.25) is 0 Å². The quantitative estimate of drug-likeness (QED) is 0.915. The molecular formula is C15H16BrNO. The number of ether oxygens (including phenoxy) is 1. The Morgan fingerprint density at radius 1 is 1.00 bits per heavy atom. The molecule has 0 saturated heterocycles. The summed E-state index contributed by atoms with van der Waals surface area (Å²) in [5.74, 6) is 0. The third kappa shape index (κ3) is 3.67. The van der Waals surface area contributed by atoms with Crippen molar-refractivity contribution in [2.24, 2.45) is 5.73 Å². The number of hydrogen-bond donors (Lipinski definition) is 1. The van der Waals surface area contributed by atoms with Crippen molar-refractivity contribution in [3.05, 3.63) is 70.2 Å². The molecular weight excluding hydrogens is 290 g/mol. The Hall–Kier alpha value is -1.16. The van der Waals surface area contributed by atoms with E-state index >= 15 is 0 Å². The summed E-state index contributed by atoms with van der Waals surface area (Å²) in [5.41, 5.74) is 8.30. The molecule has 2 aromatic rings. The normalized spacial score (nSPS) is 12.3. The third-order valence-electron chi connectivity index (χ3n) is 2.74. The number of nitrogens with two attached hydrogens (primary N) is 1. The summed E-state index contributed by atoms with van der Waals surface area (Å²) in [6.45, 7) is 1.09.